The first-order valence-corrected chi connectivity index (χ1v) is 7.31. The number of hydroxylamine groups is 1. The largest absolute Gasteiger partial charge is 0.311 e. The normalized spacial score (nSPS) is 9.95. The zero-order valence-electron chi connectivity index (χ0n) is 13.2. The van der Waals surface area contributed by atoms with Crippen LogP contribution in [0.3, 0.4) is 0 Å². The molecule has 0 radical (unpaired) electrons. The lowest BCUT2D eigenvalue weighted by Gasteiger charge is -2.05. The van der Waals surface area contributed by atoms with E-state index in [0.717, 1.165) is 30.0 Å². The van der Waals surface area contributed by atoms with Crippen LogP contribution in [0.5, 0.6) is 0 Å². The monoisotopic (exact) mass is 304 g/mol. The second-order valence-corrected chi connectivity index (χ2v) is 4.81. The second kappa shape index (κ2) is 9.70. The molecule has 6 nitrogen and oxygen atoms in total. The second-order valence-electron chi connectivity index (χ2n) is 4.81. The summed E-state index contributed by atoms with van der Waals surface area (Å²) in [4.78, 5) is 13.4. The molecule has 2 heterocycles. The van der Waals surface area contributed by atoms with Crippen molar-refractivity contribution in [3.63, 3.8) is 0 Å². The maximum Gasteiger partial charge on any atom is 0.230 e. The van der Waals surface area contributed by atoms with E-state index in [1.54, 1.807) is 0 Å². The molecule has 0 aliphatic heterocycles. The first kappa shape index (κ1) is 17.9. The number of hydrogen-bond donors (Lipinski definition) is 3. The zero-order chi connectivity index (χ0) is 16.4. The summed E-state index contributed by atoms with van der Waals surface area (Å²) in [6, 6.07) is 4.13. The third-order valence-electron chi connectivity index (χ3n) is 3.24. The number of aromatic nitrogens is 2. The van der Waals surface area contributed by atoms with Gasteiger partial charge in [0, 0.05) is 12.7 Å². The van der Waals surface area contributed by atoms with Gasteiger partial charge in [-0.3, -0.25) is 10.0 Å². The van der Waals surface area contributed by atoms with Gasteiger partial charge in [0.1, 0.15) is 5.65 Å². The maximum absolute atomic E-state index is 8.81. The minimum Gasteiger partial charge on any atom is -0.311 e. The predicted molar refractivity (Wildman–Crippen MR) is 87.6 cm³/mol. The Bertz CT molecular complexity index is 607. The van der Waals surface area contributed by atoms with Crippen molar-refractivity contribution in [2.45, 2.75) is 33.2 Å². The minimum absolute atomic E-state index is 0.181. The summed E-state index contributed by atoms with van der Waals surface area (Å²) in [7, 11) is 0. The fourth-order valence-corrected chi connectivity index (χ4v) is 2.08. The van der Waals surface area contributed by atoms with Crippen LogP contribution in [-0.2, 0) is 11.3 Å². The fraction of sp³-hybridized carbons (Fsp3) is 0.375. The molecule has 0 unspecified atom stereocenters. The van der Waals surface area contributed by atoms with Crippen LogP contribution in [0.25, 0.3) is 11.7 Å². The highest BCUT2D eigenvalue weighted by Gasteiger charge is 2.07. The summed E-state index contributed by atoms with van der Waals surface area (Å²) >= 11 is 0. The number of carbonyl (C=O) groups excluding carboxylic acids is 1. The summed E-state index contributed by atoms with van der Waals surface area (Å²) in [5.74, 6) is 0. The highest BCUT2D eigenvalue weighted by Crippen LogP contribution is 2.14. The average Bonchev–Trinajstić information content (AvgIpc) is 2.86. The van der Waals surface area contributed by atoms with Crippen molar-refractivity contribution in [3.05, 3.63) is 41.9 Å². The molecule has 0 aliphatic rings. The van der Waals surface area contributed by atoms with E-state index in [4.69, 9.17) is 10.0 Å². The van der Waals surface area contributed by atoms with Gasteiger partial charge in [0.2, 0.25) is 6.41 Å². The number of fused-ring (bicyclic) bond motifs is 1. The molecule has 0 saturated heterocycles. The number of carbonyl (C=O) groups is 1. The highest BCUT2D eigenvalue weighted by atomic mass is 16.5. The first-order valence-electron chi connectivity index (χ1n) is 7.31. The molecule has 22 heavy (non-hydrogen) atoms. The lowest BCUT2D eigenvalue weighted by atomic mass is 10.2. The number of aryl methyl sites for hydroxylation is 1. The van der Waals surface area contributed by atoms with E-state index in [0.29, 0.717) is 0 Å². The van der Waals surface area contributed by atoms with Gasteiger partial charge in [0.05, 0.1) is 11.4 Å². The summed E-state index contributed by atoms with van der Waals surface area (Å²) < 4.78 is 2.15. The van der Waals surface area contributed by atoms with Crippen LogP contribution in [0.4, 0.5) is 0 Å². The van der Waals surface area contributed by atoms with E-state index < -0.39 is 0 Å². The Morgan fingerprint density at radius 1 is 1.50 bits per heavy atom. The number of hydrogen-bond acceptors (Lipinski definition) is 4. The quantitative estimate of drug-likeness (QED) is 0.317. The molecule has 0 spiro atoms. The average molecular weight is 304 g/mol. The van der Waals surface area contributed by atoms with Crippen LogP contribution < -0.4 is 10.8 Å². The van der Waals surface area contributed by atoms with Crippen LogP contribution >= 0.6 is 0 Å². The van der Waals surface area contributed by atoms with Crippen molar-refractivity contribution in [3.8, 4) is 0 Å². The Hall–Kier alpha value is -2.18. The van der Waals surface area contributed by atoms with E-state index in [1.165, 1.54) is 24.0 Å². The Kier molecular flexibility index (Phi) is 7.88. The van der Waals surface area contributed by atoms with Crippen molar-refractivity contribution in [2.24, 2.45) is 0 Å². The van der Waals surface area contributed by atoms with Gasteiger partial charge < -0.3 is 9.72 Å². The number of amides is 1. The number of imidazole rings is 1. The molecule has 2 aromatic heterocycles. The van der Waals surface area contributed by atoms with E-state index in [-0.39, 0.29) is 6.41 Å². The molecular weight excluding hydrogens is 280 g/mol. The van der Waals surface area contributed by atoms with Crippen LogP contribution in [0.2, 0.25) is 0 Å². The molecule has 0 bridgehead atoms. The van der Waals surface area contributed by atoms with Crippen LogP contribution in [0.15, 0.2) is 24.9 Å². The van der Waals surface area contributed by atoms with Crippen molar-refractivity contribution in [1.82, 2.24) is 20.2 Å². The van der Waals surface area contributed by atoms with E-state index in [2.05, 4.69) is 53.5 Å². The van der Waals surface area contributed by atoms with Gasteiger partial charge in [0.25, 0.3) is 0 Å². The maximum atomic E-state index is 8.81. The molecule has 2 rings (SSSR count). The number of nitrogens with zero attached hydrogens (tertiary/aromatic N) is 2. The summed E-state index contributed by atoms with van der Waals surface area (Å²) in [6.07, 6.45) is 6.55. The van der Waals surface area contributed by atoms with E-state index >= 15 is 0 Å². The molecule has 3 N–H and O–H groups in total. The summed E-state index contributed by atoms with van der Waals surface area (Å²) in [5, 5.41) is 10.7. The topological polar surface area (TPSA) is 78.7 Å². The minimum atomic E-state index is 0.181. The van der Waals surface area contributed by atoms with Crippen LogP contribution in [0.1, 0.15) is 36.7 Å². The number of rotatable bonds is 7. The van der Waals surface area contributed by atoms with Gasteiger partial charge in [0.15, 0.2) is 0 Å². The highest BCUT2D eigenvalue weighted by molar-refractivity contribution is 5.55. The van der Waals surface area contributed by atoms with Crippen LogP contribution in [0, 0.1) is 6.92 Å². The lowest BCUT2D eigenvalue weighted by molar-refractivity contribution is -0.116. The predicted octanol–water partition coefficient (Wildman–Crippen LogP) is 2.30. The van der Waals surface area contributed by atoms with Gasteiger partial charge in [-0.15, -0.1) is 0 Å². The van der Waals surface area contributed by atoms with Crippen LogP contribution in [-0.4, -0.2) is 27.5 Å². The summed E-state index contributed by atoms with van der Waals surface area (Å²) in [6.45, 7) is 10.00. The van der Waals surface area contributed by atoms with Crippen molar-refractivity contribution in [1.29, 1.82) is 0 Å². The summed E-state index contributed by atoms with van der Waals surface area (Å²) in [5.41, 5.74) is 5.70. The zero-order valence-corrected chi connectivity index (χ0v) is 13.2. The first-order chi connectivity index (χ1) is 10.7. The lowest BCUT2D eigenvalue weighted by Crippen LogP contribution is -2.16. The molecule has 0 saturated carbocycles. The molecular formula is C16H24N4O2. The standard InChI is InChI=1S/C15H21N3.CH3NO2/c1-4-6-8-16-11-14-12(3)17-15-10-13(5-2)7-9-18(14)15;3-1-2-4/h5,7,9-10,16H,2,4,6,8,11H2,1,3H3;1,4H,(H,2,3). The fourth-order valence-electron chi connectivity index (χ4n) is 2.08. The molecule has 0 aliphatic carbocycles. The third-order valence-corrected chi connectivity index (χ3v) is 3.24. The number of pyridine rings is 1. The van der Waals surface area contributed by atoms with E-state index in [1.807, 2.05) is 6.08 Å². The number of nitrogens with one attached hydrogen (secondary N) is 2. The van der Waals surface area contributed by atoms with Gasteiger partial charge in [-0.1, -0.05) is 26.0 Å². The molecule has 6 heteroatoms. The Balaban J connectivity index is 0.000000541. The molecule has 0 fully saturated rings. The van der Waals surface area contributed by atoms with Gasteiger partial charge >= 0.3 is 0 Å². The Labute approximate surface area is 130 Å². The van der Waals surface area contributed by atoms with Gasteiger partial charge in [-0.05, 0) is 37.6 Å². The van der Waals surface area contributed by atoms with Crippen molar-refractivity contribution >= 4 is 18.1 Å². The molecule has 2 aromatic rings. The smallest absolute Gasteiger partial charge is 0.230 e. The van der Waals surface area contributed by atoms with Crippen molar-refractivity contribution < 1.29 is 10.0 Å². The Morgan fingerprint density at radius 3 is 2.82 bits per heavy atom. The Morgan fingerprint density at radius 2 is 2.23 bits per heavy atom. The third kappa shape index (κ3) is 4.98. The molecule has 120 valence electrons. The van der Waals surface area contributed by atoms with E-state index in [9.17, 15) is 0 Å². The van der Waals surface area contributed by atoms with Gasteiger partial charge in [-0.2, -0.15) is 0 Å². The number of unbranched alkanes of at least 4 members (excludes halogenated alkanes) is 1. The molecule has 0 atom stereocenters. The molecule has 1 amide bonds. The SMILES string of the molecule is C=Cc1ccn2c(CNCCCC)c(C)nc2c1.O=CNO. The van der Waals surface area contributed by atoms with Crippen molar-refractivity contribution in [2.75, 3.05) is 6.54 Å². The van der Waals surface area contributed by atoms with Gasteiger partial charge in [-0.25, -0.2) is 10.5 Å². The molecule has 0 aromatic carbocycles.